The Hall–Kier alpha value is -2.67. The number of methoxy groups -OCH3 is 1. The maximum Gasteiger partial charge on any atom is 0.339 e. The lowest BCUT2D eigenvalue weighted by Gasteiger charge is -2.21. The van der Waals surface area contributed by atoms with Crippen LogP contribution in [0.4, 0.5) is 0 Å². The second-order valence-electron chi connectivity index (χ2n) is 6.04. The molecular weight excluding hydrogens is 372 g/mol. The maximum absolute atomic E-state index is 12.4. The molecule has 1 aromatic carbocycles. The van der Waals surface area contributed by atoms with Crippen LogP contribution in [0.1, 0.15) is 30.6 Å². The molecule has 0 aliphatic carbocycles. The number of benzene rings is 1. The third-order valence-corrected chi connectivity index (χ3v) is 4.42. The average molecular weight is 393 g/mol. The molecule has 1 N–H and O–H groups in total. The summed E-state index contributed by atoms with van der Waals surface area (Å²) in [7, 11) is 1.25. The van der Waals surface area contributed by atoms with Crippen LogP contribution in [0.2, 0.25) is 5.15 Å². The molecule has 0 fully saturated rings. The average Bonchev–Trinajstić information content (AvgIpc) is 2.68. The number of hydrogen-bond acceptors (Lipinski definition) is 6. The topological polar surface area (TPSA) is 94.6 Å². The molecule has 0 saturated heterocycles. The number of esters is 2. The number of carbonyl (C=O) groups is 3. The lowest BCUT2D eigenvalue weighted by atomic mass is 9.99. The van der Waals surface area contributed by atoms with E-state index in [-0.39, 0.29) is 16.6 Å². The van der Waals surface area contributed by atoms with Crippen molar-refractivity contribution in [2.45, 2.75) is 26.3 Å². The highest BCUT2D eigenvalue weighted by molar-refractivity contribution is 6.30. The Bertz CT molecular complexity index is 855. The lowest BCUT2D eigenvalue weighted by molar-refractivity contribution is -0.147. The summed E-state index contributed by atoms with van der Waals surface area (Å²) >= 11 is 5.95. The van der Waals surface area contributed by atoms with Crippen molar-refractivity contribution in [3.8, 4) is 0 Å². The Morgan fingerprint density at radius 3 is 2.63 bits per heavy atom. The van der Waals surface area contributed by atoms with Crippen LogP contribution in [0, 0.1) is 5.92 Å². The molecule has 27 heavy (non-hydrogen) atoms. The normalized spacial score (nSPS) is 12.9. The van der Waals surface area contributed by atoms with Crippen molar-refractivity contribution in [1.29, 1.82) is 0 Å². The van der Waals surface area contributed by atoms with Gasteiger partial charge in [0.25, 0.3) is 5.91 Å². The van der Waals surface area contributed by atoms with Crippen molar-refractivity contribution >= 4 is 40.3 Å². The molecule has 1 heterocycles. The summed E-state index contributed by atoms with van der Waals surface area (Å²) in [6.07, 6.45) is 0.668. The van der Waals surface area contributed by atoms with Crippen LogP contribution >= 0.6 is 11.6 Å². The van der Waals surface area contributed by atoms with E-state index < -0.39 is 30.5 Å². The fourth-order valence-electron chi connectivity index (χ4n) is 2.53. The number of rotatable bonds is 7. The highest BCUT2D eigenvalue weighted by Gasteiger charge is 2.27. The molecule has 0 spiro atoms. The Morgan fingerprint density at radius 2 is 1.96 bits per heavy atom. The molecule has 1 aromatic heterocycles. The van der Waals surface area contributed by atoms with Gasteiger partial charge >= 0.3 is 11.9 Å². The number of para-hydroxylation sites is 1. The molecule has 0 bridgehead atoms. The predicted molar refractivity (Wildman–Crippen MR) is 100 cm³/mol. The molecular formula is C19H21ClN2O5. The number of amides is 1. The SMILES string of the molecule is CC[C@@H](C)[C@H](NC(=O)COC(=O)c1cc(Cl)nc2ccccc12)C(=O)OC. The van der Waals surface area contributed by atoms with Gasteiger partial charge in [0.15, 0.2) is 6.61 Å². The first kappa shape index (κ1) is 20.6. The highest BCUT2D eigenvalue weighted by atomic mass is 35.5. The van der Waals surface area contributed by atoms with E-state index in [9.17, 15) is 14.4 Å². The molecule has 7 nitrogen and oxygen atoms in total. The van der Waals surface area contributed by atoms with Crippen molar-refractivity contribution in [2.24, 2.45) is 5.92 Å². The van der Waals surface area contributed by atoms with Gasteiger partial charge in [-0.05, 0) is 18.1 Å². The van der Waals surface area contributed by atoms with E-state index in [0.29, 0.717) is 17.3 Å². The summed E-state index contributed by atoms with van der Waals surface area (Å²) in [6.45, 7) is 3.18. The quantitative estimate of drug-likeness (QED) is 0.575. The predicted octanol–water partition coefficient (Wildman–Crippen LogP) is 2.75. The van der Waals surface area contributed by atoms with Crippen molar-refractivity contribution < 1.29 is 23.9 Å². The van der Waals surface area contributed by atoms with Gasteiger partial charge in [-0.3, -0.25) is 4.79 Å². The number of ether oxygens (including phenoxy) is 2. The van der Waals surface area contributed by atoms with Crippen molar-refractivity contribution in [1.82, 2.24) is 10.3 Å². The molecule has 2 aromatic rings. The summed E-state index contributed by atoms with van der Waals surface area (Å²) in [5, 5.41) is 3.26. The number of hydrogen-bond donors (Lipinski definition) is 1. The molecule has 0 aliphatic rings. The summed E-state index contributed by atoms with van der Waals surface area (Å²) in [6, 6.07) is 7.55. The zero-order valence-corrected chi connectivity index (χ0v) is 16.1. The smallest absolute Gasteiger partial charge is 0.339 e. The van der Waals surface area contributed by atoms with E-state index >= 15 is 0 Å². The molecule has 2 atom stereocenters. The molecule has 1 amide bonds. The van der Waals surface area contributed by atoms with Gasteiger partial charge in [0.1, 0.15) is 11.2 Å². The Labute approximate surface area is 162 Å². The first-order valence-electron chi connectivity index (χ1n) is 8.47. The number of nitrogens with one attached hydrogen (secondary N) is 1. The van der Waals surface area contributed by atoms with Gasteiger partial charge in [-0.15, -0.1) is 0 Å². The maximum atomic E-state index is 12.4. The van der Waals surface area contributed by atoms with Crippen molar-refractivity contribution in [3.05, 3.63) is 41.0 Å². The van der Waals surface area contributed by atoms with Crippen LogP contribution in [-0.4, -0.2) is 42.6 Å². The fraction of sp³-hybridized carbons (Fsp3) is 0.368. The summed E-state index contributed by atoms with van der Waals surface area (Å²) in [5.41, 5.74) is 0.758. The minimum Gasteiger partial charge on any atom is -0.467 e. The number of pyridine rings is 1. The van der Waals surface area contributed by atoms with E-state index in [1.165, 1.54) is 13.2 Å². The molecule has 144 valence electrons. The summed E-state index contributed by atoms with van der Waals surface area (Å²) in [4.78, 5) is 40.5. The van der Waals surface area contributed by atoms with E-state index in [4.69, 9.17) is 21.1 Å². The number of halogens is 1. The van der Waals surface area contributed by atoms with Gasteiger partial charge in [0, 0.05) is 5.39 Å². The zero-order valence-electron chi connectivity index (χ0n) is 15.3. The van der Waals surface area contributed by atoms with Crippen LogP contribution in [0.15, 0.2) is 30.3 Å². The zero-order chi connectivity index (χ0) is 20.0. The highest BCUT2D eigenvalue weighted by Crippen LogP contribution is 2.21. The van der Waals surface area contributed by atoms with Crippen LogP contribution in [0.25, 0.3) is 10.9 Å². The van der Waals surface area contributed by atoms with Crippen LogP contribution in [0.5, 0.6) is 0 Å². The minimum absolute atomic E-state index is 0.125. The minimum atomic E-state index is -0.803. The molecule has 0 aliphatic heterocycles. The second kappa shape index (κ2) is 9.32. The van der Waals surface area contributed by atoms with Gasteiger partial charge in [-0.2, -0.15) is 0 Å². The Kier molecular flexibility index (Phi) is 7.12. The van der Waals surface area contributed by atoms with Gasteiger partial charge in [0.05, 0.1) is 18.2 Å². The summed E-state index contributed by atoms with van der Waals surface area (Å²) in [5.74, 6) is -1.97. The van der Waals surface area contributed by atoms with Gasteiger partial charge in [-0.1, -0.05) is 50.1 Å². The summed E-state index contributed by atoms with van der Waals surface area (Å²) < 4.78 is 9.80. The third-order valence-electron chi connectivity index (χ3n) is 4.22. The molecule has 0 saturated carbocycles. The first-order valence-corrected chi connectivity index (χ1v) is 8.84. The lowest BCUT2D eigenvalue weighted by Crippen LogP contribution is -2.47. The van der Waals surface area contributed by atoms with Crippen LogP contribution in [0.3, 0.4) is 0 Å². The van der Waals surface area contributed by atoms with Crippen molar-refractivity contribution in [3.63, 3.8) is 0 Å². The molecule has 8 heteroatoms. The Balaban J connectivity index is 2.07. The van der Waals surface area contributed by atoms with Crippen molar-refractivity contribution in [2.75, 3.05) is 13.7 Å². The van der Waals surface area contributed by atoms with Gasteiger partial charge < -0.3 is 14.8 Å². The van der Waals surface area contributed by atoms with E-state index in [1.807, 2.05) is 13.8 Å². The van der Waals surface area contributed by atoms with Gasteiger partial charge in [0.2, 0.25) is 0 Å². The largest absolute Gasteiger partial charge is 0.467 e. The number of fused-ring (bicyclic) bond motifs is 1. The van der Waals surface area contributed by atoms with Gasteiger partial charge in [-0.25, -0.2) is 14.6 Å². The number of nitrogens with zero attached hydrogens (tertiary/aromatic N) is 1. The van der Waals surface area contributed by atoms with Crippen LogP contribution in [-0.2, 0) is 19.1 Å². The Morgan fingerprint density at radius 1 is 1.26 bits per heavy atom. The molecule has 0 unspecified atom stereocenters. The number of aromatic nitrogens is 1. The number of carbonyl (C=O) groups excluding carboxylic acids is 3. The van der Waals surface area contributed by atoms with E-state index in [1.54, 1.807) is 24.3 Å². The molecule has 0 radical (unpaired) electrons. The molecule has 2 rings (SSSR count). The van der Waals surface area contributed by atoms with E-state index in [0.717, 1.165) is 0 Å². The van der Waals surface area contributed by atoms with Crippen LogP contribution < -0.4 is 5.32 Å². The fourth-order valence-corrected chi connectivity index (χ4v) is 2.73. The van der Waals surface area contributed by atoms with E-state index in [2.05, 4.69) is 10.3 Å². The first-order chi connectivity index (χ1) is 12.9. The monoisotopic (exact) mass is 392 g/mol. The third kappa shape index (κ3) is 5.17. The second-order valence-corrected chi connectivity index (χ2v) is 6.43. The standard InChI is InChI=1S/C19H21ClN2O5/c1-4-11(2)17(19(25)26-3)22-16(23)10-27-18(24)13-9-15(20)21-14-8-6-5-7-12(13)14/h5-9,11,17H,4,10H2,1-3H3,(H,22,23)/t11-,17+/m1/s1.